The van der Waals surface area contributed by atoms with Crippen molar-refractivity contribution in [1.82, 2.24) is 5.32 Å². The number of azide groups is 1. The quantitative estimate of drug-likeness (QED) is 0.0581. The Hall–Kier alpha value is -4.44. The largest absolute Gasteiger partial charge is 0.514 e. The minimum atomic E-state index is -1.83. The highest BCUT2D eigenvalue weighted by Gasteiger charge is 2.46. The maximum Gasteiger partial charge on any atom is 0.514 e. The van der Waals surface area contributed by atoms with E-state index in [1.807, 2.05) is 0 Å². The van der Waals surface area contributed by atoms with E-state index in [1.54, 1.807) is 0 Å². The zero-order valence-electron chi connectivity index (χ0n) is 18.7. The van der Waals surface area contributed by atoms with Gasteiger partial charge in [0.2, 0.25) is 11.7 Å². The van der Waals surface area contributed by atoms with Crippen LogP contribution in [0.2, 0.25) is 0 Å². The second kappa shape index (κ2) is 12.9. The Bertz CT molecular complexity index is 1060. The van der Waals surface area contributed by atoms with Gasteiger partial charge in [-0.15, -0.1) is 0 Å². The summed E-state index contributed by atoms with van der Waals surface area (Å²) in [5.41, 5.74) is 8.67. The van der Waals surface area contributed by atoms with Crippen LogP contribution in [0.15, 0.2) is 41.2 Å². The number of aliphatic hydroxyl groups excluding tert-OH is 1. The number of esters is 1. The van der Waals surface area contributed by atoms with Crippen molar-refractivity contribution in [3.8, 4) is 5.75 Å². The topological polar surface area (TPSA) is 242 Å². The average molecular weight is 511 g/mol. The molecule has 0 bridgehead atoms. The highest BCUT2D eigenvalue weighted by Crippen LogP contribution is 2.28. The molecule has 5 atom stereocenters. The highest BCUT2D eigenvalue weighted by atomic mass is 17.1. The SMILES string of the molecule is COC(=O)C1=CC(N=[N+]=[N-])[C@@H](NC(C)=O)C([C@@H](OC(=O)Oc2ccc([N+](=O)[O-])cc2)[C@@H](O)COO)O1. The predicted molar refractivity (Wildman–Crippen MR) is 114 cm³/mol. The summed E-state index contributed by atoms with van der Waals surface area (Å²) in [4.78, 5) is 53.1. The molecule has 0 fully saturated rings. The van der Waals surface area contributed by atoms with Crippen LogP contribution < -0.4 is 10.1 Å². The van der Waals surface area contributed by atoms with Crippen molar-refractivity contribution < 1.29 is 53.5 Å². The molecule has 0 saturated heterocycles. The Kier molecular flexibility index (Phi) is 9.93. The normalized spacial score (nSPS) is 20.3. The smallest absolute Gasteiger partial charge is 0.477 e. The molecule has 1 aliphatic heterocycles. The van der Waals surface area contributed by atoms with E-state index >= 15 is 0 Å². The Morgan fingerprint density at radius 1 is 1.33 bits per heavy atom. The van der Waals surface area contributed by atoms with Crippen molar-refractivity contribution in [3.63, 3.8) is 0 Å². The number of nitrogens with one attached hydrogen (secondary N) is 1. The molecule has 17 heteroatoms. The molecule has 1 aromatic rings. The fourth-order valence-corrected chi connectivity index (χ4v) is 3.17. The van der Waals surface area contributed by atoms with Gasteiger partial charge in [0.15, 0.2) is 12.2 Å². The number of benzene rings is 1. The summed E-state index contributed by atoms with van der Waals surface area (Å²) in [6.07, 6.45) is -5.61. The molecule has 17 nitrogen and oxygen atoms in total. The molecule has 3 N–H and O–H groups in total. The first kappa shape index (κ1) is 27.8. The van der Waals surface area contributed by atoms with Crippen molar-refractivity contribution in [2.75, 3.05) is 13.7 Å². The lowest BCUT2D eigenvalue weighted by Gasteiger charge is -2.39. The monoisotopic (exact) mass is 511 g/mol. The van der Waals surface area contributed by atoms with Crippen LogP contribution in [0.3, 0.4) is 0 Å². The fourth-order valence-electron chi connectivity index (χ4n) is 3.17. The third-order valence-electron chi connectivity index (χ3n) is 4.68. The van der Waals surface area contributed by atoms with Gasteiger partial charge in [0.05, 0.1) is 24.1 Å². The molecule has 2 unspecified atom stereocenters. The fraction of sp³-hybridized carbons (Fsp3) is 0.421. The lowest BCUT2D eigenvalue weighted by Crippen LogP contribution is -2.60. The minimum Gasteiger partial charge on any atom is -0.477 e. The van der Waals surface area contributed by atoms with Gasteiger partial charge in [0, 0.05) is 24.0 Å². The van der Waals surface area contributed by atoms with Gasteiger partial charge >= 0.3 is 12.1 Å². The Morgan fingerprint density at radius 2 is 2.00 bits per heavy atom. The number of amides is 1. The number of nitrogens with zero attached hydrogens (tertiary/aromatic N) is 4. The number of carbonyl (C=O) groups is 3. The first-order valence-corrected chi connectivity index (χ1v) is 9.96. The zero-order chi connectivity index (χ0) is 26.8. The van der Waals surface area contributed by atoms with Crippen molar-refractivity contribution in [2.24, 2.45) is 5.11 Å². The number of nitro benzene ring substituents is 1. The van der Waals surface area contributed by atoms with Crippen molar-refractivity contribution in [1.29, 1.82) is 0 Å². The minimum absolute atomic E-state index is 0.165. The van der Waals surface area contributed by atoms with Crippen LogP contribution in [0, 0.1) is 10.1 Å². The number of aliphatic hydroxyl groups is 1. The van der Waals surface area contributed by atoms with Crippen LogP contribution >= 0.6 is 0 Å². The maximum absolute atomic E-state index is 12.5. The van der Waals surface area contributed by atoms with Crippen molar-refractivity contribution >= 4 is 23.7 Å². The Balaban J connectivity index is 2.40. The third-order valence-corrected chi connectivity index (χ3v) is 4.68. The lowest BCUT2D eigenvalue weighted by atomic mass is 9.92. The molecule has 0 saturated carbocycles. The van der Waals surface area contributed by atoms with E-state index < -0.39 is 65.7 Å². The van der Waals surface area contributed by atoms with Gasteiger partial charge in [0.25, 0.3) is 5.69 Å². The standard InChI is InChI=1S/C19H21N5O12/c1-9(25)21-15-12(22-23-20)7-14(18(27)32-2)35-17(15)16(13(26)8-33-31)36-19(28)34-11-5-3-10(4-6-11)24(29)30/h3-7,12-13,15-17,26,31H,8H2,1-2H3,(H,21,25)/t12?,13-,15+,16-,17?/m0/s1. The molecule has 36 heavy (non-hydrogen) atoms. The third kappa shape index (κ3) is 7.28. The second-order valence-corrected chi connectivity index (χ2v) is 7.08. The van der Waals surface area contributed by atoms with Gasteiger partial charge in [-0.2, -0.15) is 0 Å². The molecule has 0 spiro atoms. The number of rotatable bonds is 10. The van der Waals surface area contributed by atoms with E-state index in [1.165, 1.54) is 0 Å². The molecule has 0 aromatic heterocycles. The number of hydrogen-bond acceptors (Lipinski definition) is 13. The van der Waals surface area contributed by atoms with Crippen LogP contribution in [0.25, 0.3) is 10.4 Å². The molecule has 1 aromatic carbocycles. The first-order chi connectivity index (χ1) is 17.1. The van der Waals surface area contributed by atoms with Gasteiger partial charge in [-0.3, -0.25) is 20.2 Å². The van der Waals surface area contributed by atoms with Gasteiger partial charge < -0.3 is 29.4 Å². The number of methoxy groups -OCH3 is 1. The van der Waals surface area contributed by atoms with E-state index in [9.17, 15) is 29.6 Å². The van der Waals surface area contributed by atoms with E-state index in [0.717, 1.165) is 44.4 Å². The molecule has 2 rings (SSSR count). The van der Waals surface area contributed by atoms with E-state index in [-0.39, 0.29) is 11.4 Å². The Labute approximate surface area is 201 Å². The highest BCUT2D eigenvalue weighted by molar-refractivity contribution is 5.86. The molecule has 0 aliphatic carbocycles. The number of hydrogen-bond donors (Lipinski definition) is 3. The molecule has 1 aliphatic rings. The van der Waals surface area contributed by atoms with Crippen LogP contribution in [0.1, 0.15) is 6.92 Å². The maximum atomic E-state index is 12.5. The zero-order valence-corrected chi connectivity index (χ0v) is 18.7. The summed E-state index contributed by atoms with van der Waals surface area (Å²) in [7, 11) is 1.04. The van der Waals surface area contributed by atoms with Gasteiger partial charge in [-0.25, -0.2) is 14.5 Å². The van der Waals surface area contributed by atoms with Crippen molar-refractivity contribution in [2.45, 2.75) is 37.3 Å². The number of nitro groups is 1. The van der Waals surface area contributed by atoms with Crippen LogP contribution in [0.5, 0.6) is 5.75 Å². The van der Waals surface area contributed by atoms with Gasteiger partial charge in [-0.05, 0) is 23.7 Å². The molecule has 1 amide bonds. The van der Waals surface area contributed by atoms with Crippen LogP contribution in [0.4, 0.5) is 10.5 Å². The second-order valence-electron chi connectivity index (χ2n) is 7.08. The van der Waals surface area contributed by atoms with E-state index in [2.05, 4.69) is 25.0 Å². The summed E-state index contributed by atoms with van der Waals surface area (Å²) >= 11 is 0. The number of ether oxygens (including phenoxy) is 4. The molecule has 194 valence electrons. The van der Waals surface area contributed by atoms with Crippen LogP contribution in [-0.4, -0.2) is 77.4 Å². The molecule has 0 radical (unpaired) electrons. The summed E-state index contributed by atoms with van der Waals surface area (Å²) < 4.78 is 20.2. The van der Waals surface area contributed by atoms with Crippen LogP contribution in [-0.2, 0) is 28.7 Å². The summed E-state index contributed by atoms with van der Waals surface area (Å²) in [5, 5.41) is 36.0. The van der Waals surface area contributed by atoms with Gasteiger partial charge in [-0.1, -0.05) is 5.11 Å². The summed E-state index contributed by atoms with van der Waals surface area (Å²) in [6.45, 7) is 0.293. The molecule has 1 heterocycles. The summed E-state index contributed by atoms with van der Waals surface area (Å²) in [6, 6.07) is 1.76. The predicted octanol–water partition coefficient (Wildman–Crippen LogP) is 0.969. The van der Waals surface area contributed by atoms with E-state index in [0.29, 0.717) is 0 Å². The molecular formula is C19H21N5O12. The molecular weight excluding hydrogens is 490 g/mol. The average Bonchev–Trinajstić information content (AvgIpc) is 2.83. The summed E-state index contributed by atoms with van der Waals surface area (Å²) in [5.74, 6) is -2.31. The van der Waals surface area contributed by atoms with Crippen molar-refractivity contribution in [3.05, 3.63) is 56.7 Å². The number of non-ortho nitro benzene ring substituents is 1. The lowest BCUT2D eigenvalue weighted by molar-refractivity contribution is -0.384. The first-order valence-electron chi connectivity index (χ1n) is 9.96. The van der Waals surface area contributed by atoms with Gasteiger partial charge in [0.1, 0.15) is 18.5 Å². The number of carbonyl (C=O) groups excluding carboxylic acids is 3. The Morgan fingerprint density at radius 3 is 2.53 bits per heavy atom. The van der Waals surface area contributed by atoms with E-state index in [4.69, 9.17) is 25.0 Å².